The smallest absolute Gasteiger partial charge is 0.325 e. The molecular formula is C13H15F3N2OS. The summed E-state index contributed by atoms with van der Waals surface area (Å²) < 4.78 is 36.5. The molecule has 0 aromatic heterocycles. The standard InChI is InChI=1S/C13H15F3N2OS/c14-13(15,16)20-10-6-4-9(5-7-10)18-12(19)11-3-1-2-8-17-11/h4-7,11,17H,1-3,8H2,(H,18,19)/t11-/m0/s1. The quantitative estimate of drug-likeness (QED) is 0.841. The Bertz CT molecular complexity index is 456. The molecule has 1 aliphatic heterocycles. The molecule has 0 unspecified atom stereocenters. The molecule has 20 heavy (non-hydrogen) atoms. The number of rotatable bonds is 3. The zero-order valence-corrected chi connectivity index (χ0v) is 11.5. The molecule has 1 amide bonds. The summed E-state index contributed by atoms with van der Waals surface area (Å²) in [4.78, 5) is 12.0. The van der Waals surface area contributed by atoms with Crippen LogP contribution in [0.25, 0.3) is 0 Å². The van der Waals surface area contributed by atoms with Crippen molar-refractivity contribution < 1.29 is 18.0 Å². The summed E-state index contributed by atoms with van der Waals surface area (Å²) in [6, 6.07) is 5.45. The van der Waals surface area contributed by atoms with Crippen LogP contribution in [0.3, 0.4) is 0 Å². The Labute approximate surface area is 119 Å². The number of carbonyl (C=O) groups is 1. The lowest BCUT2D eigenvalue weighted by Crippen LogP contribution is -2.43. The van der Waals surface area contributed by atoms with Gasteiger partial charge >= 0.3 is 5.51 Å². The second-order valence-electron chi connectivity index (χ2n) is 4.56. The lowest BCUT2D eigenvalue weighted by molar-refractivity contribution is -0.118. The lowest BCUT2D eigenvalue weighted by atomic mass is 10.0. The van der Waals surface area contributed by atoms with Gasteiger partial charge in [-0.2, -0.15) is 13.2 Å². The molecule has 0 bridgehead atoms. The fraction of sp³-hybridized carbons (Fsp3) is 0.462. The molecule has 1 saturated heterocycles. The SMILES string of the molecule is O=C(Nc1ccc(SC(F)(F)F)cc1)[C@@H]1CCCCN1. The van der Waals surface area contributed by atoms with E-state index in [1.54, 1.807) is 0 Å². The van der Waals surface area contributed by atoms with Gasteiger partial charge in [-0.25, -0.2) is 0 Å². The number of benzene rings is 1. The zero-order chi connectivity index (χ0) is 14.6. The van der Waals surface area contributed by atoms with Crippen molar-refractivity contribution in [3.05, 3.63) is 24.3 Å². The van der Waals surface area contributed by atoms with Gasteiger partial charge in [0, 0.05) is 10.6 Å². The van der Waals surface area contributed by atoms with Crippen LogP contribution in [0.15, 0.2) is 29.2 Å². The molecule has 110 valence electrons. The highest BCUT2D eigenvalue weighted by Crippen LogP contribution is 2.37. The summed E-state index contributed by atoms with van der Waals surface area (Å²) in [5.74, 6) is -0.138. The highest BCUT2D eigenvalue weighted by molar-refractivity contribution is 8.00. The summed E-state index contributed by atoms with van der Waals surface area (Å²) in [5.41, 5.74) is -3.79. The van der Waals surface area contributed by atoms with Crippen LogP contribution >= 0.6 is 11.8 Å². The summed E-state index contributed by atoms with van der Waals surface area (Å²) >= 11 is -0.169. The minimum Gasteiger partial charge on any atom is -0.325 e. The molecule has 1 aromatic carbocycles. The molecule has 1 aromatic rings. The fourth-order valence-electron chi connectivity index (χ4n) is 2.04. The number of amides is 1. The third-order valence-corrected chi connectivity index (χ3v) is 3.72. The fourth-order valence-corrected chi connectivity index (χ4v) is 2.58. The first-order chi connectivity index (χ1) is 9.44. The van der Waals surface area contributed by atoms with E-state index in [9.17, 15) is 18.0 Å². The van der Waals surface area contributed by atoms with Crippen LogP contribution in [0, 0.1) is 0 Å². The average molecular weight is 304 g/mol. The summed E-state index contributed by atoms with van der Waals surface area (Å²) in [6.45, 7) is 0.819. The third kappa shape index (κ3) is 4.72. The Morgan fingerprint density at radius 3 is 2.50 bits per heavy atom. The summed E-state index contributed by atoms with van der Waals surface area (Å²) in [5, 5.41) is 5.83. The first kappa shape index (κ1) is 15.2. The number of halogens is 3. The number of hydrogen-bond acceptors (Lipinski definition) is 3. The molecule has 7 heteroatoms. The van der Waals surface area contributed by atoms with E-state index in [0.717, 1.165) is 25.8 Å². The van der Waals surface area contributed by atoms with E-state index in [0.29, 0.717) is 5.69 Å². The minimum absolute atomic E-state index is 0.103. The van der Waals surface area contributed by atoms with E-state index in [-0.39, 0.29) is 28.6 Å². The first-order valence-corrected chi connectivity index (χ1v) is 7.16. The van der Waals surface area contributed by atoms with Gasteiger partial charge in [0.05, 0.1) is 6.04 Å². The monoisotopic (exact) mass is 304 g/mol. The van der Waals surface area contributed by atoms with Gasteiger partial charge in [-0.3, -0.25) is 4.79 Å². The number of piperidine rings is 1. The molecule has 1 fully saturated rings. The average Bonchev–Trinajstić information content (AvgIpc) is 2.40. The van der Waals surface area contributed by atoms with Gasteiger partial charge in [-0.15, -0.1) is 0 Å². The molecule has 2 rings (SSSR count). The van der Waals surface area contributed by atoms with E-state index >= 15 is 0 Å². The van der Waals surface area contributed by atoms with Gasteiger partial charge in [0.1, 0.15) is 0 Å². The second-order valence-corrected chi connectivity index (χ2v) is 5.70. The Morgan fingerprint density at radius 2 is 1.95 bits per heavy atom. The molecule has 0 aliphatic carbocycles. The van der Waals surface area contributed by atoms with Gasteiger partial charge in [0.25, 0.3) is 0 Å². The van der Waals surface area contributed by atoms with Gasteiger partial charge in [0.2, 0.25) is 5.91 Å². The lowest BCUT2D eigenvalue weighted by Gasteiger charge is -2.22. The molecule has 1 atom stereocenters. The number of anilines is 1. The minimum atomic E-state index is -4.29. The van der Waals surface area contributed by atoms with Crippen LogP contribution < -0.4 is 10.6 Å². The highest BCUT2D eigenvalue weighted by atomic mass is 32.2. The number of alkyl halides is 3. The van der Waals surface area contributed by atoms with E-state index in [2.05, 4.69) is 10.6 Å². The van der Waals surface area contributed by atoms with Gasteiger partial charge < -0.3 is 10.6 Å². The molecule has 0 radical (unpaired) electrons. The predicted molar refractivity (Wildman–Crippen MR) is 72.6 cm³/mol. The van der Waals surface area contributed by atoms with Gasteiger partial charge in [0.15, 0.2) is 0 Å². The molecule has 0 spiro atoms. The molecule has 2 N–H and O–H groups in total. The van der Waals surface area contributed by atoms with Crippen LogP contribution in [-0.4, -0.2) is 24.0 Å². The molecule has 1 heterocycles. The van der Waals surface area contributed by atoms with Crippen LogP contribution in [0.4, 0.5) is 18.9 Å². The van der Waals surface area contributed by atoms with Crippen LogP contribution in [-0.2, 0) is 4.79 Å². The predicted octanol–water partition coefficient (Wildman–Crippen LogP) is 3.38. The highest BCUT2D eigenvalue weighted by Gasteiger charge is 2.29. The van der Waals surface area contributed by atoms with Crippen molar-refractivity contribution >= 4 is 23.4 Å². The summed E-state index contributed by atoms with van der Waals surface area (Å²) in [7, 11) is 0. The van der Waals surface area contributed by atoms with E-state index in [1.807, 2.05) is 0 Å². The van der Waals surface area contributed by atoms with Crippen LogP contribution in [0.2, 0.25) is 0 Å². The van der Waals surface area contributed by atoms with Crippen LogP contribution in [0.1, 0.15) is 19.3 Å². The maximum atomic E-state index is 12.2. The second kappa shape index (κ2) is 6.49. The van der Waals surface area contributed by atoms with Crippen molar-refractivity contribution in [2.75, 3.05) is 11.9 Å². The number of carbonyl (C=O) groups excluding carboxylic acids is 1. The van der Waals surface area contributed by atoms with E-state index in [1.165, 1.54) is 24.3 Å². The first-order valence-electron chi connectivity index (χ1n) is 6.34. The number of hydrogen-bond donors (Lipinski definition) is 2. The van der Waals surface area contributed by atoms with Crippen molar-refractivity contribution in [3.8, 4) is 0 Å². The Kier molecular flexibility index (Phi) is 4.93. The normalized spacial score (nSPS) is 19.6. The largest absolute Gasteiger partial charge is 0.446 e. The van der Waals surface area contributed by atoms with Crippen molar-refractivity contribution in [2.24, 2.45) is 0 Å². The van der Waals surface area contributed by atoms with E-state index in [4.69, 9.17) is 0 Å². The molecular weight excluding hydrogens is 289 g/mol. The zero-order valence-electron chi connectivity index (χ0n) is 10.7. The van der Waals surface area contributed by atoms with E-state index < -0.39 is 5.51 Å². The van der Waals surface area contributed by atoms with Crippen molar-refractivity contribution in [1.82, 2.24) is 5.32 Å². The maximum Gasteiger partial charge on any atom is 0.446 e. The number of nitrogens with one attached hydrogen (secondary N) is 2. The topological polar surface area (TPSA) is 41.1 Å². The molecule has 3 nitrogen and oxygen atoms in total. The van der Waals surface area contributed by atoms with Crippen molar-refractivity contribution in [2.45, 2.75) is 35.7 Å². The Balaban J connectivity index is 1.91. The summed E-state index contributed by atoms with van der Waals surface area (Å²) in [6.07, 6.45) is 2.85. The number of thioether (sulfide) groups is 1. The Hall–Kier alpha value is -1.21. The molecule has 1 aliphatic rings. The molecule has 0 saturated carbocycles. The maximum absolute atomic E-state index is 12.2. The Morgan fingerprint density at radius 1 is 1.25 bits per heavy atom. The van der Waals surface area contributed by atoms with Gasteiger partial charge in [-0.05, 0) is 55.4 Å². The van der Waals surface area contributed by atoms with Crippen molar-refractivity contribution in [3.63, 3.8) is 0 Å². The third-order valence-electron chi connectivity index (χ3n) is 2.98. The van der Waals surface area contributed by atoms with Crippen molar-refractivity contribution in [1.29, 1.82) is 0 Å². The van der Waals surface area contributed by atoms with Crippen LogP contribution in [0.5, 0.6) is 0 Å². The van der Waals surface area contributed by atoms with Gasteiger partial charge in [-0.1, -0.05) is 6.42 Å².